The maximum atomic E-state index is 14.4. The van der Waals surface area contributed by atoms with E-state index in [9.17, 15) is 73.2 Å². The zero-order valence-corrected chi connectivity index (χ0v) is 52.4. The highest BCUT2D eigenvalue weighted by molar-refractivity contribution is 7.98. The van der Waals surface area contributed by atoms with E-state index in [0.29, 0.717) is 31.2 Å². The van der Waals surface area contributed by atoms with E-state index in [1.807, 2.05) is 27.7 Å². The fraction of sp³-hybridized carbons (Fsp3) is 0.679. The summed E-state index contributed by atoms with van der Waals surface area (Å²) in [5.74, 6) is -11.2. The molecule has 0 radical (unpaired) electrons. The number of likely N-dealkylation sites (N-methyl/N-ethyl adjacent to an activating group) is 1. The Hall–Kier alpha value is -7.39. The molecule has 0 unspecified atom stereocenters. The van der Waals surface area contributed by atoms with Gasteiger partial charge in [-0.3, -0.25) is 58.1 Å². The molecule has 0 bridgehead atoms. The second-order valence-electron chi connectivity index (χ2n) is 22.2. The molecule has 1 aromatic carbocycles. The second kappa shape index (κ2) is 42.5. The van der Waals surface area contributed by atoms with Crippen LogP contribution < -0.4 is 81.4 Å². The van der Waals surface area contributed by atoms with E-state index in [1.165, 1.54) is 36.0 Å². The summed E-state index contributed by atoms with van der Waals surface area (Å²) < 4.78 is 0. The first kappa shape index (κ1) is 78.6. The molecule has 0 saturated carbocycles. The van der Waals surface area contributed by atoms with Gasteiger partial charge in [-0.25, -0.2) is 0 Å². The van der Waals surface area contributed by atoms with Crippen LogP contribution in [0.5, 0.6) is 5.75 Å². The van der Waals surface area contributed by atoms with E-state index >= 15 is 0 Å². The standard InChI is InChI=1S/C56H98N16O15S/c1-30(2)25-39(46(59)78)68-47(79)35(13-8-10-21-57)65-52(84)41(27-33-16-18-34(75)19-17-33)69-48(80)36(14-9-11-22-58)66-53(85)42(28-44(76)77)70-55(87)45(32(5)74)72-50(82)38(20-24-88-7)67-54(86)43(29-73)71-49(81)37(15-12-23-63-56(60)61)64-51(83)40(62-6)26-31(3)4/h16-19,30-32,35-43,45,62,73-75H,8-15,20-29,57-58H2,1-7H3,(H2,59,78)(H,64,83)(H,65,84)(H,66,85)(H,67,86)(H,68,79)(H,69,80)(H,70,87)(H,71,81)(H,72,82)(H,76,77)(H4,60,61,63)/t32-,35+,36+,37+,38+,39+,40+,41+,42+,43+,45+/m1/s1. The number of carbonyl (C=O) groups is 11. The minimum atomic E-state index is -1.99. The lowest BCUT2D eigenvalue weighted by Gasteiger charge is -2.29. The van der Waals surface area contributed by atoms with Gasteiger partial charge >= 0.3 is 5.97 Å². The van der Waals surface area contributed by atoms with Gasteiger partial charge in [0.25, 0.3) is 0 Å². The Morgan fingerprint density at radius 2 is 0.932 bits per heavy atom. The highest BCUT2D eigenvalue weighted by Gasteiger charge is 2.37. The normalized spacial score (nSPS) is 15.0. The number of thioether (sulfide) groups is 1. The Balaban J connectivity index is 3.57. The average Bonchev–Trinajstić information content (AvgIpc) is 1.91. The molecule has 0 aromatic heterocycles. The summed E-state index contributed by atoms with van der Waals surface area (Å²) in [6, 6.07) is -8.79. The van der Waals surface area contributed by atoms with Gasteiger partial charge in [-0.1, -0.05) is 39.8 Å². The number of primary amides is 1. The lowest BCUT2D eigenvalue weighted by Crippen LogP contribution is -2.62. The van der Waals surface area contributed by atoms with Crippen molar-refractivity contribution < 1.29 is 73.2 Å². The van der Waals surface area contributed by atoms with Crippen molar-refractivity contribution in [2.75, 3.05) is 45.3 Å². The Labute approximate surface area is 518 Å². The number of nitrogens with one attached hydrogen (secondary N) is 12. The number of amides is 10. The molecule has 0 aliphatic carbocycles. The minimum absolute atomic E-state index is 0.00354. The molecule has 0 heterocycles. The van der Waals surface area contributed by atoms with Crippen molar-refractivity contribution in [2.45, 2.75) is 185 Å². The van der Waals surface area contributed by atoms with Crippen molar-refractivity contribution >= 4 is 82.8 Å². The average molecular weight is 1270 g/mol. The second-order valence-corrected chi connectivity index (χ2v) is 23.2. The number of guanidine groups is 1. The summed E-state index contributed by atoms with van der Waals surface area (Å²) in [6.07, 6.45) is 0.604. The molecule has 24 N–H and O–H groups in total. The lowest BCUT2D eigenvalue weighted by molar-refractivity contribution is -0.142. The van der Waals surface area contributed by atoms with Gasteiger partial charge in [-0.2, -0.15) is 11.8 Å². The van der Waals surface area contributed by atoms with Crippen LogP contribution in [0.4, 0.5) is 0 Å². The number of hydrogen-bond acceptors (Lipinski definition) is 19. The number of rotatable bonds is 45. The Bertz CT molecular complexity index is 2420. The van der Waals surface area contributed by atoms with Crippen LogP contribution in [0, 0.1) is 17.2 Å². The van der Waals surface area contributed by atoms with E-state index in [4.69, 9.17) is 28.3 Å². The smallest absolute Gasteiger partial charge is 0.305 e. The number of phenols is 1. The van der Waals surface area contributed by atoms with E-state index in [1.54, 1.807) is 13.3 Å². The summed E-state index contributed by atoms with van der Waals surface area (Å²) in [4.78, 5) is 150. The van der Waals surface area contributed by atoms with E-state index in [0.717, 1.165) is 6.92 Å². The summed E-state index contributed by atoms with van der Waals surface area (Å²) >= 11 is 1.26. The maximum Gasteiger partial charge on any atom is 0.305 e. The molecule has 88 heavy (non-hydrogen) atoms. The zero-order chi connectivity index (χ0) is 66.6. The van der Waals surface area contributed by atoms with Crippen LogP contribution in [0.25, 0.3) is 0 Å². The molecule has 0 fully saturated rings. The van der Waals surface area contributed by atoms with Gasteiger partial charge in [0, 0.05) is 13.0 Å². The first-order chi connectivity index (χ1) is 41.5. The fourth-order valence-electron chi connectivity index (χ4n) is 8.85. The molecule has 498 valence electrons. The largest absolute Gasteiger partial charge is 0.508 e. The SMILES string of the molecule is CN[C@@H](CC(C)C)C(=O)N[C@@H](CCCNC(=N)N)C(=O)N[C@@H](CO)C(=O)N[C@@H](CCSC)C(=O)N[C@H](C(=O)N[C@@H](CC(=O)O)C(=O)N[C@@H](CCCCN)C(=O)N[C@@H](Cc1ccc(O)cc1)C(=O)N[C@@H](CCCCN)C(=O)N[C@@H](CC(C)C)C(N)=O)[C@@H](C)O. The van der Waals surface area contributed by atoms with Crippen molar-refractivity contribution in [3.05, 3.63) is 29.8 Å². The maximum absolute atomic E-state index is 14.4. The molecular weight excluding hydrogens is 1170 g/mol. The summed E-state index contributed by atoms with van der Waals surface area (Å²) in [6.45, 7) is 8.13. The number of aromatic hydroxyl groups is 1. The topological polar surface area (TPSA) is 529 Å². The molecule has 1 aromatic rings. The van der Waals surface area contributed by atoms with Crippen molar-refractivity contribution in [2.24, 2.45) is 34.8 Å². The number of benzene rings is 1. The van der Waals surface area contributed by atoms with Crippen LogP contribution in [0.3, 0.4) is 0 Å². The molecule has 10 amide bonds. The van der Waals surface area contributed by atoms with E-state index < -0.39 is 145 Å². The van der Waals surface area contributed by atoms with Crippen LogP contribution in [0.2, 0.25) is 0 Å². The highest BCUT2D eigenvalue weighted by Crippen LogP contribution is 2.15. The Morgan fingerprint density at radius 1 is 0.534 bits per heavy atom. The Morgan fingerprint density at radius 3 is 1.36 bits per heavy atom. The number of carboxylic acid groups (broad SMARTS) is 1. The van der Waals surface area contributed by atoms with Crippen LogP contribution in [0.1, 0.15) is 117 Å². The number of carboxylic acids is 1. The summed E-state index contributed by atoms with van der Waals surface area (Å²) in [5.41, 5.74) is 22.9. The number of aliphatic hydroxyl groups excluding tert-OH is 2. The van der Waals surface area contributed by atoms with E-state index in [2.05, 4.69) is 58.5 Å². The molecule has 0 spiro atoms. The predicted octanol–water partition coefficient (Wildman–Crippen LogP) is -4.41. The highest BCUT2D eigenvalue weighted by atomic mass is 32.2. The monoisotopic (exact) mass is 1270 g/mol. The number of unbranched alkanes of at least 4 members (excludes halogenated alkanes) is 2. The number of phenolic OH excluding ortho intramolecular Hbond substituents is 1. The van der Waals surface area contributed by atoms with Gasteiger partial charge in [0.05, 0.1) is 25.2 Å². The quantitative estimate of drug-likeness (QED) is 0.0166. The Kier molecular flexibility index (Phi) is 38.0. The molecule has 0 aliphatic heterocycles. The van der Waals surface area contributed by atoms with Crippen LogP contribution in [0.15, 0.2) is 24.3 Å². The summed E-state index contributed by atoms with van der Waals surface area (Å²) in [5, 5.41) is 76.5. The molecule has 0 saturated heterocycles. The lowest BCUT2D eigenvalue weighted by atomic mass is 10.0. The number of aliphatic hydroxyl groups is 2. The molecule has 11 atom stereocenters. The van der Waals surface area contributed by atoms with Gasteiger partial charge in [0.2, 0.25) is 59.1 Å². The molecule has 1 rings (SSSR count). The van der Waals surface area contributed by atoms with Gasteiger partial charge in [0.15, 0.2) is 5.96 Å². The van der Waals surface area contributed by atoms with Crippen LogP contribution >= 0.6 is 11.8 Å². The van der Waals surface area contributed by atoms with Gasteiger partial charge in [0.1, 0.15) is 60.1 Å². The number of aliphatic carboxylic acids is 1. The predicted molar refractivity (Wildman–Crippen MR) is 329 cm³/mol. The summed E-state index contributed by atoms with van der Waals surface area (Å²) in [7, 11) is 1.58. The molecule has 31 nitrogen and oxygen atoms in total. The van der Waals surface area contributed by atoms with E-state index in [-0.39, 0.29) is 100 Å². The zero-order valence-electron chi connectivity index (χ0n) is 51.5. The number of hydrogen-bond donors (Lipinski definition) is 20. The first-order valence-electron chi connectivity index (χ1n) is 29.5. The third kappa shape index (κ3) is 31.0. The fourth-order valence-corrected chi connectivity index (χ4v) is 9.32. The molecular formula is C56H98N16O15S. The molecule has 0 aliphatic rings. The minimum Gasteiger partial charge on any atom is -0.508 e. The molecule has 32 heteroatoms. The van der Waals surface area contributed by atoms with Crippen LogP contribution in [-0.2, 0) is 59.2 Å². The van der Waals surface area contributed by atoms with Crippen molar-refractivity contribution in [1.82, 2.24) is 58.5 Å². The van der Waals surface area contributed by atoms with Gasteiger partial charge < -0.3 is 102 Å². The van der Waals surface area contributed by atoms with Crippen molar-refractivity contribution in [1.29, 1.82) is 5.41 Å². The first-order valence-corrected chi connectivity index (χ1v) is 30.9. The van der Waals surface area contributed by atoms with Crippen molar-refractivity contribution in [3.8, 4) is 5.75 Å². The van der Waals surface area contributed by atoms with Crippen molar-refractivity contribution in [3.63, 3.8) is 0 Å². The third-order valence-electron chi connectivity index (χ3n) is 13.7. The number of carbonyl (C=O) groups excluding carboxylic acids is 10. The number of nitrogens with two attached hydrogens (primary N) is 4. The van der Waals surface area contributed by atoms with Crippen LogP contribution in [-0.4, -0.2) is 203 Å². The third-order valence-corrected chi connectivity index (χ3v) is 14.3. The van der Waals surface area contributed by atoms with Gasteiger partial charge in [-0.05, 0) is 139 Å². The van der Waals surface area contributed by atoms with Gasteiger partial charge in [-0.15, -0.1) is 0 Å².